The predicted octanol–water partition coefficient (Wildman–Crippen LogP) is 6.22. The molecule has 5 rings (SSSR count). The maximum atomic E-state index is 14.0. The molecule has 9 heteroatoms. The van der Waals surface area contributed by atoms with Gasteiger partial charge in [-0.3, -0.25) is 4.79 Å². The first-order valence-electron chi connectivity index (χ1n) is 14.4. The fourth-order valence-electron chi connectivity index (χ4n) is 5.77. The van der Waals surface area contributed by atoms with Crippen LogP contribution in [0.1, 0.15) is 66.7 Å². The van der Waals surface area contributed by atoms with Gasteiger partial charge in [0.2, 0.25) is 0 Å². The lowest BCUT2D eigenvalue weighted by atomic mass is 9.90. The summed E-state index contributed by atoms with van der Waals surface area (Å²) in [5, 5.41) is 5.27. The second kappa shape index (κ2) is 11.8. The first kappa shape index (κ1) is 29.0. The highest BCUT2D eigenvalue weighted by molar-refractivity contribution is 6.32. The number of halogens is 1. The number of likely N-dealkylation sites (tertiary alicyclic amines) is 1. The summed E-state index contributed by atoms with van der Waals surface area (Å²) in [5.74, 6) is 0.0381. The fraction of sp³-hybridized carbons (Fsp3) is 0.469. The molecule has 2 amide bonds. The van der Waals surface area contributed by atoms with E-state index < -0.39 is 5.60 Å². The molecule has 0 saturated carbocycles. The van der Waals surface area contributed by atoms with E-state index in [1.807, 2.05) is 54.6 Å². The molecule has 41 heavy (non-hydrogen) atoms. The number of benzene rings is 2. The van der Waals surface area contributed by atoms with Gasteiger partial charge in [0.15, 0.2) is 0 Å². The topological polar surface area (TPSA) is 70.9 Å². The lowest BCUT2D eigenvalue weighted by Gasteiger charge is -2.37. The van der Waals surface area contributed by atoms with E-state index in [1.54, 1.807) is 11.1 Å². The molecule has 2 fully saturated rings. The maximum Gasteiger partial charge on any atom is 0.410 e. The van der Waals surface area contributed by atoms with Gasteiger partial charge in [0, 0.05) is 50.9 Å². The quantitative estimate of drug-likeness (QED) is 0.368. The SMILES string of the molecule is Cc1ccc(C)c(N2CCN(C(=O)c3cnn(-c4ccccc4Cl)c3C3CCN(C(=O)OC(C)(C)C)CC3)CC2)c1. The molecule has 8 nitrogen and oxygen atoms in total. The van der Waals surface area contributed by atoms with Gasteiger partial charge in [-0.2, -0.15) is 5.10 Å². The smallest absolute Gasteiger partial charge is 0.410 e. The summed E-state index contributed by atoms with van der Waals surface area (Å²) in [7, 11) is 0. The zero-order valence-corrected chi connectivity index (χ0v) is 25.4. The number of ether oxygens (including phenoxy) is 1. The molecule has 0 unspecified atom stereocenters. The van der Waals surface area contributed by atoms with Crippen molar-refractivity contribution >= 4 is 29.3 Å². The number of anilines is 1. The second-order valence-corrected chi connectivity index (χ2v) is 12.5. The standard InChI is InChI=1S/C32H40ClN5O3/c1-22-10-11-23(2)28(20-22)35-16-18-36(19-17-35)30(39)25-21-34-38(27-9-7-6-8-26(27)33)29(25)24-12-14-37(15-13-24)31(40)41-32(3,4)5/h6-11,20-21,24H,12-19H2,1-5H3. The molecule has 3 aromatic rings. The molecule has 2 aliphatic heterocycles. The number of aryl methyl sites for hydroxylation is 2. The van der Waals surface area contributed by atoms with Gasteiger partial charge in [0.1, 0.15) is 5.60 Å². The summed E-state index contributed by atoms with van der Waals surface area (Å²) in [6.07, 6.45) is 2.80. The number of nitrogens with zero attached hydrogens (tertiary/aromatic N) is 5. The van der Waals surface area contributed by atoms with E-state index in [2.05, 4.69) is 36.9 Å². The van der Waals surface area contributed by atoms with E-state index in [4.69, 9.17) is 21.4 Å². The van der Waals surface area contributed by atoms with Crippen molar-refractivity contribution in [3.63, 3.8) is 0 Å². The van der Waals surface area contributed by atoms with Crippen molar-refractivity contribution in [1.29, 1.82) is 0 Å². The molecule has 2 saturated heterocycles. The van der Waals surface area contributed by atoms with Gasteiger partial charge in [-0.05, 0) is 76.8 Å². The molecule has 0 N–H and O–H groups in total. The number of para-hydroxylation sites is 1. The molecule has 0 radical (unpaired) electrons. The zero-order valence-electron chi connectivity index (χ0n) is 24.7. The van der Waals surface area contributed by atoms with Crippen LogP contribution < -0.4 is 4.90 Å². The first-order chi connectivity index (χ1) is 19.5. The van der Waals surface area contributed by atoms with Crippen LogP contribution in [-0.4, -0.2) is 76.5 Å². The van der Waals surface area contributed by atoms with E-state index >= 15 is 0 Å². The number of rotatable bonds is 4. The summed E-state index contributed by atoms with van der Waals surface area (Å²) < 4.78 is 7.42. The van der Waals surface area contributed by atoms with Crippen LogP contribution in [0, 0.1) is 13.8 Å². The number of amides is 2. The second-order valence-electron chi connectivity index (χ2n) is 12.1. The van der Waals surface area contributed by atoms with Crippen LogP contribution in [0.4, 0.5) is 10.5 Å². The fourth-order valence-corrected chi connectivity index (χ4v) is 5.99. The van der Waals surface area contributed by atoms with Gasteiger partial charge >= 0.3 is 6.09 Å². The molecule has 0 aliphatic carbocycles. The number of carbonyl (C=O) groups is 2. The van der Waals surface area contributed by atoms with Crippen molar-refractivity contribution in [2.75, 3.05) is 44.2 Å². The van der Waals surface area contributed by atoms with Crippen molar-refractivity contribution in [3.05, 3.63) is 76.1 Å². The van der Waals surface area contributed by atoms with Crippen LogP contribution in [0.25, 0.3) is 5.69 Å². The van der Waals surface area contributed by atoms with Crippen molar-refractivity contribution < 1.29 is 14.3 Å². The minimum atomic E-state index is -0.543. The van der Waals surface area contributed by atoms with Crippen LogP contribution in [0.5, 0.6) is 0 Å². The number of aromatic nitrogens is 2. The van der Waals surface area contributed by atoms with Crippen LogP contribution in [-0.2, 0) is 4.74 Å². The Bertz CT molecular complexity index is 1410. The summed E-state index contributed by atoms with van der Waals surface area (Å²) in [6, 6.07) is 14.1. The first-order valence-corrected chi connectivity index (χ1v) is 14.8. The van der Waals surface area contributed by atoms with Gasteiger partial charge in [0.25, 0.3) is 5.91 Å². The van der Waals surface area contributed by atoms with Crippen LogP contribution in [0.3, 0.4) is 0 Å². The number of piperidine rings is 1. The van der Waals surface area contributed by atoms with E-state index in [-0.39, 0.29) is 17.9 Å². The molecule has 3 heterocycles. The number of hydrogen-bond acceptors (Lipinski definition) is 5. The van der Waals surface area contributed by atoms with Gasteiger partial charge in [-0.25, -0.2) is 9.48 Å². The highest BCUT2D eigenvalue weighted by Crippen LogP contribution is 2.35. The Morgan fingerprint density at radius 2 is 1.59 bits per heavy atom. The minimum absolute atomic E-state index is 0.00603. The predicted molar refractivity (Wildman–Crippen MR) is 162 cm³/mol. The van der Waals surface area contributed by atoms with E-state index in [1.165, 1.54) is 16.8 Å². The molecular formula is C32H40ClN5O3. The third-order valence-corrected chi connectivity index (χ3v) is 8.24. The minimum Gasteiger partial charge on any atom is -0.444 e. The number of hydrogen-bond donors (Lipinski definition) is 0. The summed E-state index contributed by atoms with van der Waals surface area (Å²) >= 11 is 6.60. The van der Waals surface area contributed by atoms with E-state index in [0.29, 0.717) is 49.6 Å². The van der Waals surface area contributed by atoms with Crippen molar-refractivity contribution in [2.24, 2.45) is 0 Å². The van der Waals surface area contributed by atoms with Gasteiger partial charge in [0.05, 0.1) is 28.2 Å². The highest BCUT2D eigenvalue weighted by Gasteiger charge is 2.34. The third kappa shape index (κ3) is 6.38. The Hall–Kier alpha value is -3.52. The molecule has 2 aromatic carbocycles. The Kier molecular flexibility index (Phi) is 8.32. The van der Waals surface area contributed by atoms with Crippen molar-refractivity contribution in [1.82, 2.24) is 19.6 Å². The average Bonchev–Trinajstić information content (AvgIpc) is 3.38. The van der Waals surface area contributed by atoms with E-state index in [9.17, 15) is 9.59 Å². The Morgan fingerprint density at radius 3 is 2.24 bits per heavy atom. The summed E-state index contributed by atoms with van der Waals surface area (Å²) in [4.78, 5) is 32.8. The number of piperazine rings is 1. The Balaban J connectivity index is 1.37. The molecule has 1 aromatic heterocycles. The van der Waals surface area contributed by atoms with Gasteiger partial charge in [-0.15, -0.1) is 0 Å². The molecule has 2 aliphatic rings. The number of carbonyl (C=O) groups excluding carboxylic acids is 2. The molecule has 0 bridgehead atoms. The van der Waals surface area contributed by atoms with Crippen LogP contribution in [0.15, 0.2) is 48.7 Å². The third-order valence-electron chi connectivity index (χ3n) is 7.92. The maximum absolute atomic E-state index is 14.0. The molecule has 0 spiro atoms. The van der Waals surface area contributed by atoms with Crippen molar-refractivity contribution in [3.8, 4) is 5.69 Å². The normalized spacial score (nSPS) is 16.7. The largest absolute Gasteiger partial charge is 0.444 e. The highest BCUT2D eigenvalue weighted by atomic mass is 35.5. The van der Waals surface area contributed by atoms with Gasteiger partial charge in [-0.1, -0.05) is 35.9 Å². The van der Waals surface area contributed by atoms with Crippen LogP contribution >= 0.6 is 11.6 Å². The molecular weight excluding hydrogens is 538 g/mol. The zero-order chi connectivity index (χ0) is 29.3. The van der Waals surface area contributed by atoms with Crippen molar-refractivity contribution in [2.45, 2.75) is 59.0 Å². The Morgan fingerprint density at radius 1 is 0.902 bits per heavy atom. The lowest BCUT2D eigenvalue weighted by molar-refractivity contribution is 0.0203. The lowest BCUT2D eigenvalue weighted by Crippen LogP contribution is -2.49. The van der Waals surface area contributed by atoms with Gasteiger partial charge < -0.3 is 19.4 Å². The summed E-state index contributed by atoms with van der Waals surface area (Å²) in [6.45, 7) is 13.8. The monoisotopic (exact) mass is 577 g/mol. The van der Waals surface area contributed by atoms with Crippen LogP contribution in [0.2, 0.25) is 5.02 Å². The molecule has 0 atom stereocenters. The average molecular weight is 578 g/mol. The molecule has 218 valence electrons. The Labute approximate surface area is 247 Å². The van der Waals surface area contributed by atoms with E-state index in [0.717, 1.165) is 24.5 Å². The summed E-state index contributed by atoms with van der Waals surface area (Å²) in [5.41, 5.74) is 5.40.